The minimum absolute atomic E-state index is 0.0890. The van der Waals surface area contributed by atoms with E-state index in [1.807, 2.05) is 47.0 Å². The molecule has 152 valence electrons. The van der Waals surface area contributed by atoms with Gasteiger partial charge in [-0.1, -0.05) is 36.0 Å². The lowest BCUT2D eigenvalue weighted by Crippen LogP contribution is -2.14. The van der Waals surface area contributed by atoms with E-state index in [9.17, 15) is 4.79 Å². The molecule has 1 amide bonds. The van der Waals surface area contributed by atoms with Crippen molar-refractivity contribution in [3.05, 3.63) is 66.5 Å². The molecule has 4 rings (SSSR count). The maximum absolute atomic E-state index is 12.4. The van der Waals surface area contributed by atoms with Crippen LogP contribution in [0, 0.1) is 6.92 Å². The fourth-order valence-electron chi connectivity index (χ4n) is 3.17. The van der Waals surface area contributed by atoms with E-state index in [0.717, 1.165) is 45.7 Å². The molecule has 4 aromatic rings. The molecule has 30 heavy (non-hydrogen) atoms. The average molecular weight is 419 g/mol. The molecule has 0 bridgehead atoms. The standard InChI is InChI=1S/C22H22N6OS/c1-3-28-21(18-7-5-4-6-15(18)2)26-27-22(28)30-14-19(29)25-17-10-8-16(9-11-17)20-23-12-13-24-20/h4-13H,3,14H2,1-2H3,(H,23,24)(H,25,29). The summed E-state index contributed by atoms with van der Waals surface area (Å²) in [6.07, 6.45) is 3.49. The molecular weight excluding hydrogens is 396 g/mol. The van der Waals surface area contributed by atoms with E-state index in [1.54, 1.807) is 12.4 Å². The Morgan fingerprint density at radius 3 is 2.63 bits per heavy atom. The summed E-state index contributed by atoms with van der Waals surface area (Å²) in [5.74, 6) is 1.79. The number of aromatic nitrogens is 5. The van der Waals surface area contributed by atoms with Gasteiger partial charge in [0.1, 0.15) is 5.82 Å². The molecule has 2 N–H and O–H groups in total. The lowest BCUT2D eigenvalue weighted by molar-refractivity contribution is -0.113. The third-order valence-electron chi connectivity index (χ3n) is 4.69. The van der Waals surface area contributed by atoms with Gasteiger partial charge in [0.15, 0.2) is 11.0 Å². The van der Waals surface area contributed by atoms with Crippen molar-refractivity contribution in [1.82, 2.24) is 24.7 Å². The topological polar surface area (TPSA) is 88.5 Å². The maximum Gasteiger partial charge on any atom is 0.234 e. The van der Waals surface area contributed by atoms with Crippen LogP contribution >= 0.6 is 11.8 Å². The number of carbonyl (C=O) groups is 1. The first-order chi connectivity index (χ1) is 14.7. The van der Waals surface area contributed by atoms with Crippen LogP contribution in [0.1, 0.15) is 12.5 Å². The van der Waals surface area contributed by atoms with Gasteiger partial charge in [0.25, 0.3) is 0 Å². The van der Waals surface area contributed by atoms with Crippen LogP contribution in [0.5, 0.6) is 0 Å². The normalized spacial score (nSPS) is 10.9. The number of carbonyl (C=O) groups excluding carboxylic acids is 1. The quantitative estimate of drug-likeness (QED) is 0.435. The highest BCUT2D eigenvalue weighted by atomic mass is 32.2. The molecule has 0 spiro atoms. The summed E-state index contributed by atoms with van der Waals surface area (Å²) in [6, 6.07) is 15.7. The van der Waals surface area contributed by atoms with Crippen molar-refractivity contribution >= 4 is 23.4 Å². The van der Waals surface area contributed by atoms with Gasteiger partial charge in [0.2, 0.25) is 5.91 Å². The Bertz CT molecular complexity index is 1130. The van der Waals surface area contributed by atoms with E-state index >= 15 is 0 Å². The molecule has 0 aliphatic heterocycles. The Balaban J connectivity index is 1.40. The van der Waals surface area contributed by atoms with Crippen molar-refractivity contribution in [2.45, 2.75) is 25.5 Å². The first-order valence-corrected chi connectivity index (χ1v) is 10.7. The summed E-state index contributed by atoms with van der Waals surface area (Å²) >= 11 is 1.38. The number of nitrogens with one attached hydrogen (secondary N) is 2. The molecule has 8 heteroatoms. The first-order valence-electron chi connectivity index (χ1n) is 9.67. The van der Waals surface area contributed by atoms with Crippen LogP contribution in [-0.4, -0.2) is 36.4 Å². The molecule has 0 aliphatic carbocycles. The van der Waals surface area contributed by atoms with Gasteiger partial charge >= 0.3 is 0 Å². The van der Waals surface area contributed by atoms with Crippen molar-refractivity contribution < 1.29 is 4.79 Å². The SMILES string of the molecule is CCn1c(SCC(=O)Nc2ccc(-c3ncc[nH]3)cc2)nnc1-c1ccccc1C. The molecule has 0 radical (unpaired) electrons. The monoisotopic (exact) mass is 418 g/mol. The van der Waals surface area contributed by atoms with E-state index in [0.29, 0.717) is 0 Å². The predicted octanol–water partition coefficient (Wildman–Crippen LogP) is 4.39. The average Bonchev–Trinajstić information content (AvgIpc) is 3.43. The molecule has 0 saturated carbocycles. The van der Waals surface area contributed by atoms with Crippen molar-refractivity contribution in [3.8, 4) is 22.8 Å². The van der Waals surface area contributed by atoms with Crippen LogP contribution in [0.3, 0.4) is 0 Å². The van der Waals surface area contributed by atoms with Crippen LogP contribution in [0.4, 0.5) is 5.69 Å². The number of thioether (sulfide) groups is 1. The predicted molar refractivity (Wildman–Crippen MR) is 119 cm³/mol. The van der Waals surface area contributed by atoms with E-state index < -0.39 is 0 Å². The molecule has 0 unspecified atom stereocenters. The van der Waals surface area contributed by atoms with Gasteiger partial charge in [0.05, 0.1) is 5.75 Å². The van der Waals surface area contributed by atoms with Gasteiger partial charge in [-0.2, -0.15) is 0 Å². The van der Waals surface area contributed by atoms with E-state index in [1.165, 1.54) is 11.8 Å². The zero-order valence-corrected chi connectivity index (χ0v) is 17.6. The third kappa shape index (κ3) is 4.28. The fourth-order valence-corrected chi connectivity index (χ4v) is 3.97. The van der Waals surface area contributed by atoms with Crippen LogP contribution in [0.2, 0.25) is 0 Å². The highest BCUT2D eigenvalue weighted by Crippen LogP contribution is 2.26. The second kappa shape index (κ2) is 8.96. The van der Waals surface area contributed by atoms with E-state index in [2.05, 4.69) is 45.4 Å². The Morgan fingerprint density at radius 2 is 1.93 bits per heavy atom. The summed E-state index contributed by atoms with van der Waals surface area (Å²) in [7, 11) is 0. The Kier molecular flexibility index (Phi) is 5.94. The Hall–Kier alpha value is -3.39. The van der Waals surface area contributed by atoms with Crippen LogP contribution in [0.25, 0.3) is 22.8 Å². The van der Waals surface area contributed by atoms with Crippen LogP contribution in [0.15, 0.2) is 66.1 Å². The number of aryl methyl sites for hydroxylation is 1. The number of hydrogen-bond donors (Lipinski definition) is 2. The third-order valence-corrected chi connectivity index (χ3v) is 5.66. The van der Waals surface area contributed by atoms with Crippen molar-refractivity contribution in [2.75, 3.05) is 11.1 Å². The second-order valence-corrected chi connectivity index (χ2v) is 7.66. The van der Waals surface area contributed by atoms with Gasteiger partial charge in [-0.15, -0.1) is 10.2 Å². The summed E-state index contributed by atoms with van der Waals surface area (Å²) in [4.78, 5) is 19.7. The number of imidazole rings is 1. The maximum atomic E-state index is 12.4. The van der Waals surface area contributed by atoms with Gasteiger partial charge in [-0.3, -0.25) is 4.79 Å². The molecule has 0 saturated heterocycles. The number of H-pyrrole nitrogens is 1. The lowest BCUT2D eigenvalue weighted by Gasteiger charge is -2.09. The highest BCUT2D eigenvalue weighted by molar-refractivity contribution is 7.99. The zero-order valence-electron chi connectivity index (χ0n) is 16.8. The van der Waals surface area contributed by atoms with Gasteiger partial charge in [-0.25, -0.2) is 4.98 Å². The molecule has 0 fully saturated rings. The largest absolute Gasteiger partial charge is 0.345 e. The number of benzene rings is 2. The zero-order chi connectivity index (χ0) is 20.9. The summed E-state index contributed by atoms with van der Waals surface area (Å²) in [6.45, 7) is 4.84. The Morgan fingerprint density at radius 1 is 1.13 bits per heavy atom. The summed E-state index contributed by atoms with van der Waals surface area (Å²) in [5, 5.41) is 12.3. The smallest absolute Gasteiger partial charge is 0.234 e. The molecule has 2 heterocycles. The Labute approximate surface area is 179 Å². The van der Waals surface area contributed by atoms with Crippen LogP contribution < -0.4 is 5.32 Å². The van der Waals surface area contributed by atoms with Crippen molar-refractivity contribution in [3.63, 3.8) is 0 Å². The molecule has 2 aromatic carbocycles. The lowest BCUT2D eigenvalue weighted by atomic mass is 10.1. The van der Waals surface area contributed by atoms with Gasteiger partial charge in [-0.05, 0) is 43.7 Å². The number of aromatic amines is 1. The fraction of sp³-hybridized carbons (Fsp3) is 0.182. The van der Waals surface area contributed by atoms with E-state index in [4.69, 9.17) is 0 Å². The minimum Gasteiger partial charge on any atom is -0.345 e. The molecule has 0 aliphatic rings. The molecular formula is C22H22N6OS. The van der Waals surface area contributed by atoms with Crippen LogP contribution in [-0.2, 0) is 11.3 Å². The van der Waals surface area contributed by atoms with Crippen molar-refractivity contribution in [2.24, 2.45) is 0 Å². The molecule has 0 atom stereocenters. The first kappa shape index (κ1) is 19.9. The number of amides is 1. The van der Waals surface area contributed by atoms with Crippen molar-refractivity contribution in [1.29, 1.82) is 0 Å². The number of hydrogen-bond acceptors (Lipinski definition) is 5. The highest BCUT2D eigenvalue weighted by Gasteiger charge is 2.16. The number of anilines is 1. The van der Waals surface area contributed by atoms with Gasteiger partial charge < -0.3 is 14.9 Å². The summed E-state index contributed by atoms with van der Waals surface area (Å²) < 4.78 is 2.04. The molecule has 2 aromatic heterocycles. The second-order valence-electron chi connectivity index (χ2n) is 6.72. The summed E-state index contributed by atoms with van der Waals surface area (Å²) in [5.41, 5.74) is 3.91. The minimum atomic E-state index is -0.0890. The van der Waals surface area contributed by atoms with Gasteiger partial charge in [0, 0.05) is 35.8 Å². The number of rotatable bonds is 7. The number of nitrogens with zero attached hydrogens (tertiary/aromatic N) is 4. The van der Waals surface area contributed by atoms with E-state index in [-0.39, 0.29) is 11.7 Å². The molecule has 7 nitrogen and oxygen atoms in total.